The van der Waals surface area contributed by atoms with E-state index in [-0.39, 0.29) is 30.3 Å². The Morgan fingerprint density at radius 3 is 2.41 bits per heavy atom. The van der Waals surface area contributed by atoms with Crippen LogP contribution in [0.5, 0.6) is 0 Å². The van der Waals surface area contributed by atoms with E-state index in [4.69, 9.17) is 0 Å². The van der Waals surface area contributed by atoms with Gasteiger partial charge in [0.05, 0.1) is 0 Å². The van der Waals surface area contributed by atoms with Crippen LogP contribution in [0.25, 0.3) is 0 Å². The summed E-state index contributed by atoms with van der Waals surface area (Å²) in [6.07, 6.45) is 2.96. The number of hydrogen-bond donors (Lipinski definition) is 2. The van der Waals surface area contributed by atoms with Crippen LogP contribution in [0.1, 0.15) is 52.5 Å². The molecule has 0 aromatic heterocycles. The summed E-state index contributed by atoms with van der Waals surface area (Å²) in [7, 11) is 0. The van der Waals surface area contributed by atoms with Crippen LogP contribution in [0, 0.1) is 11.8 Å². The summed E-state index contributed by atoms with van der Waals surface area (Å²) >= 11 is 0. The van der Waals surface area contributed by atoms with Crippen molar-refractivity contribution < 1.29 is 9.59 Å². The van der Waals surface area contributed by atoms with Crippen LogP contribution in [0.4, 0.5) is 5.69 Å². The smallest absolute Gasteiger partial charge is 0.224 e. The van der Waals surface area contributed by atoms with Crippen LogP contribution >= 0.6 is 12.4 Å². The van der Waals surface area contributed by atoms with Crippen LogP contribution in [-0.2, 0) is 16.1 Å². The summed E-state index contributed by atoms with van der Waals surface area (Å²) in [4.78, 5) is 25.8. The van der Waals surface area contributed by atoms with Crippen molar-refractivity contribution in [2.24, 2.45) is 11.8 Å². The van der Waals surface area contributed by atoms with Crippen LogP contribution in [0.2, 0.25) is 0 Å². The van der Waals surface area contributed by atoms with Crippen molar-refractivity contribution in [2.75, 3.05) is 18.4 Å². The number of benzene rings is 1. The molecule has 0 radical (unpaired) electrons. The Morgan fingerprint density at radius 1 is 1.22 bits per heavy atom. The second-order valence-electron chi connectivity index (χ2n) is 7.77. The molecule has 6 heteroatoms. The van der Waals surface area contributed by atoms with Crippen LogP contribution in [0.15, 0.2) is 24.3 Å². The predicted octanol–water partition coefficient (Wildman–Crippen LogP) is 3.83. The second kappa shape index (κ2) is 11.3. The van der Waals surface area contributed by atoms with Crippen molar-refractivity contribution in [2.45, 2.75) is 59.5 Å². The topological polar surface area (TPSA) is 61.4 Å². The third-order valence-corrected chi connectivity index (χ3v) is 5.27. The number of halogens is 1. The Kier molecular flexibility index (Phi) is 9.81. The number of carbonyl (C=O) groups excluding carboxylic acids is 2. The molecule has 0 aliphatic carbocycles. The molecule has 0 saturated carbocycles. The fourth-order valence-electron chi connectivity index (χ4n) is 3.58. The average Bonchev–Trinajstić information content (AvgIpc) is 2.61. The quantitative estimate of drug-likeness (QED) is 0.737. The van der Waals surface area contributed by atoms with Gasteiger partial charge in [0, 0.05) is 31.6 Å². The lowest BCUT2D eigenvalue weighted by Gasteiger charge is -2.28. The van der Waals surface area contributed by atoms with E-state index in [1.54, 1.807) is 6.92 Å². The highest BCUT2D eigenvalue weighted by molar-refractivity contribution is 5.90. The standard InChI is InChI=1S/C21H33N3O2.ClH/c1-15(2)24(17(4)25)14-18-7-9-20(10-8-18)23-21(26)12-16(3)19-6-5-11-22-13-19;/h7-10,15-16,19,22H,5-6,11-14H2,1-4H3,(H,23,26);1H. The lowest BCUT2D eigenvalue weighted by Crippen LogP contribution is -2.34. The summed E-state index contributed by atoms with van der Waals surface area (Å²) in [6.45, 7) is 10.5. The van der Waals surface area contributed by atoms with Crippen molar-refractivity contribution in [1.29, 1.82) is 0 Å². The number of anilines is 1. The van der Waals surface area contributed by atoms with E-state index in [1.807, 2.05) is 43.0 Å². The molecule has 2 unspecified atom stereocenters. The summed E-state index contributed by atoms with van der Waals surface area (Å²) in [5.41, 5.74) is 1.88. The zero-order valence-electron chi connectivity index (χ0n) is 17.0. The minimum absolute atomic E-state index is 0. The molecule has 1 aliphatic heterocycles. The highest BCUT2D eigenvalue weighted by atomic mass is 35.5. The number of nitrogens with zero attached hydrogens (tertiary/aromatic N) is 1. The summed E-state index contributed by atoms with van der Waals surface area (Å²) in [6, 6.07) is 7.95. The maximum atomic E-state index is 12.3. The van der Waals surface area contributed by atoms with Crippen molar-refractivity contribution in [3.63, 3.8) is 0 Å². The first kappa shape index (κ1) is 23.4. The maximum Gasteiger partial charge on any atom is 0.224 e. The molecule has 1 heterocycles. The van der Waals surface area contributed by atoms with Gasteiger partial charge in [-0.15, -0.1) is 12.4 Å². The Morgan fingerprint density at radius 2 is 1.89 bits per heavy atom. The summed E-state index contributed by atoms with van der Waals surface area (Å²) < 4.78 is 0. The Hall–Kier alpha value is -1.59. The molecule has 0 spiro atoms. The normalized spacial score (nSPS) is 17.7. The molecule has 152 valence electrons. The number of hydrogen-bond acceptors (Lipinski definition) is 3. The molecule has 2 rings (SSSR count). The largest absolute Gasteiger partial charge is 0.336 e. The first-order valence-corrected chi connectivity index (χ1v) is 9.73. The highest BCUT2D eigenvalue weighted by Crippen LogP contribution is 2.23. The van der Waals surface area contributed by atoms with Crippen molar-refractivity contribution >= 4 is 29.9 Å². The van der Waals surface area contributed by atoms with Crippen LogP contribution < -0.4 is 10.6 Å². The minimum atomic E-state index is 0. The molecule has 1 aromatic rings. The van der Waals surface area contributed by atoms with E-state index in [0.717, 1.165) is 24.3 Å². The molecule has 27 heavy (non-hydrogen) atoms. The monoisotopic (exact) mass is 395 g/mol. The van der Waals surface area contributed by atoms with Crippen LogP contribution in [0.3, 0.4) is 0 Å². The molecule has 0 bridgehead atoms. The van der Waals surface area contributed by atoms with Gasteiger partial charge < -0.3 is 15.5 Å². The Balaban J connectivity index is 0.00000364. The molecular weight excluding hydrogens is 362 g/mol. The first-order valence-electron chi connectivity index (χ1n) is 9.73. The molecule has 2 N–H and O–H groups in total. The number of amides is 2. The number of nitrogens with one attached hydrogen (secondary N) is 2. The van der Waals surface area contributed by atoms with Gasteiger partial charge >= 0.3 is 0 Å². The van der Waals surface area contributed by atoms with Gasteiger partial charge in [-0.2, -0.15) is 0 Å². The average molecular weight is 396 g/mol. The van der Waals surface area contributed by atoms with E-state index in [0.29, 0.717) is 24.8 Å². The van der Waals surface area contributed by atoms with Crippen molar-refractivity contribution in [3.05, 3.63) is 29.8 Å². The van der Waals surface area contributed by atoms with Crippen molar-refractivity contribution in [1.82, 2.24) is 10.2 Å². The van der Waals surface area contributed by atoms with Crippen molar-refractivity contribution in [3.8, 4) is 0 Å². The fourth-order valence-corrected chi connectivity index (χ4v) is 3.58. The second-order valence-corrected chi connectivity index (χ2v) is 7.77. The van der Waals surface area contributed by atoms with Gasteiger partial charge in [0.25, 0.3) is 0 Å². The fraction of sp³-hybridized carbons (Fsp3) is 0.619. The lowest BCUT2D eigenvalue weighted by atomic mass is 9.85. The molecule has 2 amide bonds. The van der Waals surface area contributed by atoms with Crippen LogP contribution in [-0.4, -0.2) is 35.8 Å². The van der Waals surface area contributed by atoms with E-state index >= 15 is 0 Å². The third-order valence-electron chi connectivity index (χ3n) is 5.27. The molecule has 1 aliphatic rings. The number of carbonyl (C=O) groups is 2. The summed E-state index contributed by atoms with van der Waals surface area (Å²) in [5, 5.41) is 6.41. The Bertz CT molecular complexity index is 598. The number of rotatable bonds is 7. The molecule has 1 fully saturated rings. The molecule has 2 atom stereocenters. The SMILES string of the molecule is CC(=O)N(Cc1ccc(NC(=O)CC(C)C2CCCNC2)cc1)C(C)C.Cl. The molecule has 1 aromatic carbocycles. The third kappa shape index (κ3) is 7.51. The zero-order chi connectivity index (χ0) is 19.1. The van der Waals surface area contributed by atoms with E-state index in [1.165, 1.54) is 12.8 Å². The van der Waals surface area contributed by atoms with Gasteiger partial charge in [-0.1, -0.05) is 19.1 Å². The molecule has 1 saturated heterocycles. The molecule has 5 nitrogen and oxygen atoms in total. The number of piperidine rings is 1. The minimum Gasteiger partial charge on any atom is -0.336 e. The maximum absolute atomic E-state index is 12.3. The zero-order valence-corrected chi connectivity index (χ0v) is 17.8. The predicted molar refractivity (Wildman–Crippen MR) is 113 cm³/mol. The van der Waals surface area contributed by atoms with Gasteiger partial charge in [0.15, 0.2) is 0 Å². The van der Waals surface area contributed by atoms with E-state index < -0.39 is 0 Å². The Labute approximate surface area is 169 Å². The van der Waals surface area contributed by atoms with Gasteiger partial charge in [0.1, 0.15) is 0 Å². The lowest BCUT2D eigenvalue weighted by molar-refractivity contribution is -0.131. The van der Waals surface area contributed by atoms with E-state index in [9.17, 15) is 9.59 Å². The van der Waals surface area contributed by atoms with E-state index in [2.05, 4.69) is 17.6 Å². The first-order chi connectivity index (χ1) is 12.4. The van der Waals surface area contributed by atoms with Gasteiger partial charge in [0.2, 0.25) is 11.8 Å². The highest BCUT2D eigenvalue weighted by Gasteiger charge is 2.22. The van der Waals surface area contributed by atoms with Gasteiger partial charge in [-0.25, -0.2) is 0 Å². The van der Waals surface area contributed by atoms with Gasteiger partial charge in [-0.05, 0) is 69.3 Å². The van der Waals surface area contributed by atoms with Gasteiger partial charge in [-0.3, -0.25) is 9.59 Å². The summed E-state index contributed by atoms with van der Waals surface area (Å²) in [5.74, 6) is 1.12. The molecular formula is C21H34ClN3O2.